The molecule has 0 aliphatic carbocycles. The molecule has 2 N–H and O–H groups in total. The molecule has 0 amide bonds. The van der Waals surface area contributed by atoms with Crippen molar-refractivity contribution in [2.24, 2.45) is 0 Å². The van der Waals surface area contributed by atoms with Crippen molar-refractivity contribution in [2.75, 3.05) is 0 Å². The van der Waals surface area contributed by atoms with Crippen molar-refractivity contribution < 1.29 is 20.1 Å². The van der Waals surface area contributed by atoms with Crippen molar-refractivity contribution in [3.63, 3.8) is 0 Å². The van der Waals surface area contributed by atoms with E-state index in [4.69, 9.17) is 0 Å². The number of hydrogen-bond acceptors (Lipinski definition) is 2. The summed E-state index contributed by atoms with van der Waals surface area (Å²) in [5.41, 5.74) is 7.86. The molecule has 0 spiro atoms. The van der Waals surface area contributed by atoms with Crippen LogP contribution in [-0.4, -0.2) is 19.9 Å². The number of aromatic nitrogens is 4. The molecule has 5 heteroatoms. The Morgan fingerprint density at radius 2 is 0.760 bits per heavy atom. The molecule has 0 radical (unpaired) electrons. The van der Waals surface area contributed by atoms with E-state index in [1.54, 1.807) is 0 Å². The van der Waals surface area contributed by atoms with Gasteiger partial charge in [0.25, 0.3) is 0 Å². The quantitative estimate of drug-likeness (QED) is 0.324. The molecule has 4 nitrogen and oxygen atoms in total. The molecule has 3 aromatic rings. The van der Waals surface area contributed by atoms with Crippen LogP contribution in [0, 0.1) is 0 Å². The van der Waals surface area contributed by atoms with Crippen molar-refractivity contribution in [3.05, 3.63) is 71.3 Å². The Kier molecular flexibility index (Phi) is 3.96. The van der Waals surface area contributed by atoms with Gasteiger partial charge in [0.2, 0.25) is 0 Å². The van der Waals surface area contributed by atoms with Gasteiger partial charge in [0, 0.05) is 22.1 Å². The Hall–Kier alpha value is -2.75. The summed E-state index contributed by atoms with van der Waals surface area (Å²) >= 11 is 0. The number of H-pyrrole nitrogens is 2. The molecule has 2 aliphatic heterocycles. The first-order valence-electron chi connectivity index (χ1n) is 7.85. The van der Waals surface area contributed by atoms with Crippen LogP contribution in [0.25, 0.3) is 46.4 Å². The van der Waals surface area contributed by atoms with Gasteiger partial charge in [-0.15, -0.1) is 0 Å². The molecule has 0 atom stereocenters. The van der Waals surface area contributed by atoms with Crippen LogP contribution in [0.15, 0.2) is 48.5 Å². The van der Waals surface area contributed by atoms with Gasteiger partial charge >= 0.3 is 20.1 Å². The summed E-state index contributed by atoms with van der Waals surface area (Å²) < 4.78 is 0. The van der Waals surface area contributed by atoms with Crippen LogP contribution in [0.2, 0.25) is 0 Å². The molecular formula is C20H14IrN4+3. The Morgan fingerprint density at radius 1 is 0.480 bits per heavy atom. The van der Waals surface area contributed by atoms with Crippen LogP contribution in [0.5, 0.6) is 0 Å². The van der Waals surface area contributed by atoms with Crippen molar-refractivity contribution in [1.82, 2.24) is 19.9 Å². The van der Waals surface area contributed by atoms with E-state index in [0.717, 1.165) is 44.8 Å². The molecule has 2 aliphatic rings. The molecule has 0 aromatic carbocycles. The van der Waals surface area contributed by atoms with Crippen molar-refractivity contribution in [3.8, 4) is 0 Å². The van der Waals surface area contributed by atoms with Crippen LogP contribution in [0.4, 0.5) is 0 Å². The minimum atomic E-state index is 0. The van der Waals surface area contributed by atoms with Gasteiger partial charge in [-0.3, -0.25) is 0 Å². The van der Waals surface area contributed by atoms with Crippen LogP contribution >= 0.6 is 0 Å². The number of nitrogens with zero attached hydrogens (tertiary/aromatic N) is 2. The monoisotopic (exact) mass is 503 g/mol. The molecule has 5 heterocycles. The molecule has 5 rings (SSSR count). The maximum atomic E-state index is 4.63. The molecule has 8 bridgehead atoms. The number of aromatic amines is 2. The average Bonchev–Trinajstić information content (AvgIpc) is 3.32. The Balaban J connectivity index is 0.00000157. The summed E-state index contributed by atoms with van der Waals surface area (Å²) in [4.78, 5) is 16.0. The number of rotatable bonds is 0. The van der Waals surface area contributed by atoms with Gasteiger partial charge < -0.3 is 9.97 Å². The third-order valence-corrected chi connectivity index (χ3v) is 4.04. The summed E-state index contributed by atoms with van der Waals surface area (Å²) in [6.45, 7) is 0. The SMILES string of the molecule is C1=Cc2cc3ccc(cc4nc(cc5ccc(cc1n2)[nH]5)C=C4)[nH]3.[Ir+3]. The van der Waals surface area contributed by atoms with Crippen LogP contribution in [-0.2, 0) is 20.1 Å². The second-order valence-corrected chi connectivity index (χ2v) is 5.91. The zero-order valence-electron chi connectivity index (χ0n) is 13.2. The van der Waals surface area contributed by atoms with E-state index in [2.05, 4.69) is 44.2 Å². The van der Waals surface area contributed by atoms with E-state index in [9.17, 15) is 0 Å². The smallest absolute Gasteiger partial charge is 0.355 e. The van der Waals surface area contributed by atoms with Crippen LogP contribution in [0.3, 0.4) is 0 Å². The minimum Gasteiger partial charge on any atom is -0.355 e. The maximum Gasteiger partial charge on any atom is 3.00 e. The molecule has 0 unspecified atom stereocenters. The number of fused-ring (bicyclic) bond motifs is 8. The van der Waals surface area contributed by atoms with Gasteiger partial charge in [0.1, 0.15) is 0 Å². The largest absolute Gasteiger partial charge is 3.00 e. The Bertz CT molecular complexity index is 990. The number of nitrogens with one attached hydrogen (secondary N) is 2. The summed E-state index contributed by atoms with van der Waals surface area (Å²) in [6.07, 6.45) is 8.09. The van der Waals surface area contributed by atoms with Gasteiger partial charge in [0.05, 0.1) is 22.8 Å². The molecule has 0 saturated heterocycles. The normalized spacial score (nSPS) is 12.2. The summed E-state index contributed by atoms with van der Waals surface area (Å²) in [5, 5.41) is 0. The van der Waals surface area contributed by atoms with Crippen molar-refractivity contribution >= 4 is 46.4 Å². The fraction of sp³-hybridized carbons (Fsp3) is 0. The third-order valence-electron chi connectivity index (χ3n) is 4.04. The number of hydrogen-bond donors (Lipinski definition) is 2. The first kappa shape index (κ1) is 15.8. The summed E-state index contributed by atoms with van der Waals surface area (Å²) in [7, 11) is 0. The van der Waals surface area contributed by atoms with E-state index >= 15 is 0 Å². The van der Waals surface area contributed by atoms with E-state index < -0.39 is 0 Å². The molecule has 25 heavy (non-hydrogen) atoms. The second kappa shape index (κ2) is 6.28. The average molecular weight is 503 g/mol. The molecule has 0 saturated carbocycles. The van der Waals surface area contributed by atoms with E-state index in [0.29, 0.717) is 0 Å². The predicted octanol–water partition coefficient (Wildman–Crippen LogP) is 4.65. The minimum absolute atomic E-state index is 0. The standard InChI is InChI=1S/C20H14N4.Ir/c1-2-14-10-16-5-6-18(23-16)12-20-8-7-19(24-20)11-17-4-3-15(22-17)9-13(1)21-14;/h1-12,21,24H;/q;+3. The predicted molar refractivity (Wildman–Crippen MR) is 98.9 cm³/mol. The van der Waals surface area contributed by atoms with Gasteiger partial charge in [0.15, 0.2) is 0 Å². The summed E-state index contributed by atoms with van der Waals surface area (Å²) in [5.74, 6) is 0. The second-order valence-electron chi connectivity index (χ2n) is 5.91. The van der Waals surface area contributed by atoms with Gasteiger partial charge in [-0.2, -0.15) is 0 Å². The first-order chi connectivity index (χ1) is 11.8. The van der Waals surface area contributed by atoms with Crippen molar-refractivity contribution in [2.45, 2.75) is 0 Å². The zero-order valence-corrected chi connectivity index (χ0v) is 15.6. The van der Waals surface area contributed by atoms with Crippen LogP contribution in [0.1, 0.15) is 22.8 Å². The summed E-state index contributed by atoms with van der Waals surface area (Å²) in [6, 6.07) is 16.4. The molecule has 0 fully saturated rings. The topological polar surface area (TPSA) is 57.4 Å². The van der Waals surface area contributed by atoms with Crippen molar-refractivity contribution in [1.29, 1.82) is 0 Å². The van der Waals surface area contributed by atoms with E-state index in [-0.39, 0.29) is 20.1 Å². The Labute approximate surface area is 157 Å². The van der Waals surface area contributed by atoms with Gasteiger partial charge in [-0.05, 0) is 72.8 Å². The maximum absolute atomic E-state index is 4.63. The fourth-order valence-corrected chi connectivity index (χ4v) is 2.94. The fourth-order valence-electron chi connectivity index (χ4n) is 2.94. The third kappa shape index (κ3) is 3.25. The van der Waals surface area contributed by atoms with E-state index in [1.807, 2.05) is 48.6 Å². The van der Waals surface area contributed by atoms with E-state index in [1.165, 1.54) is 0 Å². The Morgan fingerprint density at radius 3 is 1.04 bits per heavy atom. The van der Waals surface area contributed by atoms with Crippen LogP contribution < -0.4 is 0 Å². The first-order valence-corrected chi connectivity index (χ1v) is 7.85. The van der Waals surface area contributed by atoms with Gasteiger partial charge in [-0.1, -0.05) is 0 Å². The van der Waals surface area contributed by atoms with Gasteiger partial charge in [-0.25, -0.2) is 9.97 Å². The zero-order chi connectivity index (χ0) is 15.9. The molecular weight excluding hydrogens is 488 g/mol. The molecule has 120 valence electrons. The molecule has 3 aromatic heterocycles.